The van der Waals surface area contributed by atoms with E-state index in [4.69, 9.17) is 14.2 Å². The molecule has 0 aliphatic rings. The van der Waals surface area contributed by atoms with Gasteiger partial charge in [-0.05, 0) is 116 Å². The summed E-state index contributed by atoms with van der Waals surface area (Å²) in [5.41, 5.74) is 0. The van der Waals surface area contributed by atoms with Crippen LogP contribution in [0.1, 0.15) is 284 Å². The molecule has 412 valence electrons. The summed E-state index contributed by atoms with van der Waals surface area (Å²) in [5, 5.41) is 0. The van der Waals surface area contributed by atoms with Gasteiger partial charge in [0.2, 0.25) is 0 Å². The lowest BCUT2D eigenvalue weighted by atomic mass is 10.1. The summed E-state index contributed by atoms with van der Waals surface area (Å²) < 4.78 is 16.8. The Morgan fingerprint density at radius 1 is 0.292 bits per heavy atom. The summed E-state index contributed by atoms with van der Waals surface area (Å²) in [5.74, 6) is -0.904. The van der Waals surface area contributed by atoms with E-state index in [-0.39, 0.29) is 31.1 Å². The fourth-order valence-electron chi connectivity index (χ4n) is 8.27. The fourth-order valence-corrected chi connectivity index (χ4v) is 8.27. The van der Waals surface area contributed by atoms with Gasteiger partial charge in [-0.25, -0.2) is 0 Å². The van der Waals surface area contributed by atoms with E-state index in [1.807, 2.05) is 0 Å². The highest BCUT2D eigenvalue weighted by Crippen LogP contribution is 2.15. The van der Waals surface area contributed by atoms with Gasteiger partial charge >= 0.3 is 17.9 Å². The lowest BCUT2D eigenvalue weighted by Crippen LogP contribution is -2.30. The zero-order valence-corrected chi connectivity index (χ0v) is 47.2. The minimum atomic E-state index is -0.786. The van der Waals surface area contributed by atoms with Gasteiger partial charge in [-0.1, -0.05) is 246 Å². The molecule has 6 heteroatoms. The van der Waals surface area contributed by atoms with Crippen LogP contribution in [0, 0.1) is 0 Å². The van der Waals surface area contributed by atoms with Crippen LogP contribution in [0.15, 0.2) is 97.2 Å². The monoisotopic (exact) mass is 1000 g/mol. The van der Waals surface area contributed by atoms with Gasteiger partial charge in [0.05, 0.1) is 0 Å². The third-order valence-corrected chi connectivity index (χ3v) is 12.8. The molecule has 0 aromatic rings. The minimum Gasteiger partial charge on any atom is -0.462 e. The maximum absolute atomic E-state index is 12.8. The van der Waals surface area contributed by atoms with Crippen molar-refractivity contribution in [2.75, 3.05) is 13.2 Å². The van der Waals surface area contributed by atoms with E-state index in [0.717, 1.165) is 122 Å². The lowest BCUT2D eigenvalue weighted by molar-refractivity contribution is -0.167. The van der Waals surface area contributed by atoms with Crippen LogP contribution in [0.25, 0.3) is 0 Å². The first kappa shape index (κ1) is 68.3. The third kappa shape index (κ3) is 57.2. The van der Waals surface area contributed by atoms with E-state index in [1.54, 1.807) is 0 Å². The first-order valence-corrected chi connectivity index (χ1v) is 30.2. The average molecular weight is 1000 g/mol. The number of allylic oxidation sites excluding steroid dienone is 16. The van der Waals surface area contributed by atoms with Crippen molar-refractivity contribution in [3.63, 3.8) is 0 Å². The molecule has 0 spiro atoms. The summed E-state index contributed by atoms with van der Waals surface area (Å²) in [7, 11) is 0. The summed E-state index contributed by atoms with van der Waals surface area (Å²) in [6, 6.07) is 0. The minimum absolute atomic E-state index is 0.0850. The third-order valence-electron chi connectivity index (χ3n) is 12.8. The molecule has 0 aliphatic heterocycles. The van der Waals surface area contributed by atoms with Crippen molar-refractivity contribution < 1.29 is 28.6 Å². The molecule has 72 heavy (non-hydrogen) atoms. The normalized spacial score (nSPS) is 12.8. The van der Waals surface area contributed by atoms with E-state index in [9.17, 15) is 14.4 Å². The largest absolute Gasteiger partial charge is 0.462 e. The van der Waals surface area contributed by atoms with Gasteiger partial charge in [0.1, 0.15) is 13.2 Å². The maximum Gasteiger partial charge on any atom is 0.306 e. The smallest absolute Gasteiger partial charge is 0.306 e. The van der Waals surface area contributed by atoms with Crippen LogP contribution in [-0.4, -0.2) is 37.2 Å². The molecule has 0 aliphatic carbocycles. The standard InChI is InChI=1S/C66H112O6/c1-4-7-10-13-16-19-22-24-26-27-28-29-30-31-32-33-34-35-36-37-38-39-41-42-44-47-50-53-56-59-65(68)71-62-63(61-70-64(67)58-55-52-49-46-21-18-15-12-9-6-3)72-66(69)60-57-54-51-48-45-43-40-25-23-20-17-14-11-8-5-2/h7,10,12,15-16,19,24-26,28-29,31-32,34-35,40,63H,4-6,8-9,11,13-14,17-18,20-23,27,30,33,36-39,41-62H2,1-3H3/b10-7-,15-12-,19-16-,26-24-,29-28-,32-31-,35-34-,40-25-. The summed E-state index contributed by atoms with van der Waals surface area (Å²) in [6.45, 7) is 6.45. The second-order valence-corrected chi connectivity index (χ2v) is 19.9. The predicted molar refractivity (Wildman–Crippen MR) is 311 cm³/mol. The highest BCUT2D eigenvalue weighted by Gasteiger charge is 2.19. The molecule has 0 N–H and O–H groups in total. The van der Waals surface area contributed by atoms with Gasteiger partial charge in [0, 0.05) is 19.3 Å². The molecule has 6 nitrogen and oxygen atoms in total. The number of ether oxygens (including phenoxy) is 3. The van der Waals surface area contributed by atoms with Crippen LogP contribution in [0.4, 0.5) is 0 Å². The van der Waals surface area contributed by atoms with Gasteiger partial charge < -0.3 is 14.2 Å². The van der Waals surface area contributed by atoms with Crippen LogP contribution >= 0.6 is 0 Å². The quantitative estimate of drug-likeness (QED) is 0.0261. The van der Waals surface area contributed by atoms with Crippen LogP contribution in [0.2, 0.25) is 0 Å². The van der Waals surface area contributed by atoms with E-state index in [2.05, 4.69) is 118 Å². The molecule has 0 aromatic heterocycles. The number of rotatable bonds is 54. The zero-order valence-electron chi connectivity index (χ0n) is 47.2. The molecule has 0 radical (unpaired) electrons. The molecule has 0 rings (SSSR count). The Bertz CT molecular complexity index is 1430. The van der Waals surface area contributed by atoms with Crippen molar-refractivity contribution in [1.29, 1.82) is 0 Å². The molecule has 0 heterocycles. The fraction of sp³-hybridized carbons (Fsp3) is 0.712. The van der Waals surface area contributed by atoms with Gasteiger partial charge in [0.15, 0.2) is 6.10 Å². The van der Waals surface area contributed by atoms with Crippen molar-refractivity contribution >= 4 is 17.9 Å². The Morgan fingerprint density at radius 2 is 0.569 bits per heavy atom. The van der Waals surface area contributed by atoms with Crippen molar-refractivity contribution in [2.24, 2.45) is 0 Å². The number of hydrogen-bond donors (Lipinski definition) is 0. The van der Waals surface area contributed by atoms with E-state index in [1.165, 1.54) is 122 Å². The van der Waals surface area contributed by atoms with Gasteiger partial charge in [-0.2, -0.15) is 0 Å². The number of unbranched alkanes of at least 4 members (excludes halogenated alkanes) is 27. The molecular weight excluding hydrogens is 889 g/mol. The second-order valence-electron chi connectivity index (χ2n) is 19.9. The Morgan fingerprint density at radius 3 is 0.917 bits per heavy atom. The van der Waals surface area contributed by atoms with Crippen LogP contribution in [0.3, 0.4) is 0 Å². The second kappa shape index (κ2) is 59.9. The SMILES string of the molecule is CC/C=C\C/C=C\C/C=C\C/C=C\C/C=C\C/C=C\CCCCCCCCCCCCC(=O)OCC(COC(=O)CCCCCCC/C=C\CCC)OC(=O)CCCCCCC/C=C\CCCCCCCC. The average Bonchev–Trinajstić information content (AvgIpc) is 3.38. The Kier molecular flexibility index (Phi) is 56.8. The Labute approximate surface area is 445 Å². The van der Waals surface area contributed by atoms with Crippen molar-refractivity contribution in [1.82, 2.24) is 0 Å². The molecule has 0 bridgehead atoms. The van der Waals surface area contributed by atoms with Crippen molar-refractivity contribution in [3.8, 4) is 0 Å². The zero-order chi connectivity index (χ0) is 52.2. The van der Waals surface area contributed by atoms with Crippen LogP contribution in [-0.2, 0) is 28.6 Å². The first-order valence-electron chi connectivity index (χ1n) is 30.2. The lowest BCUT2D eigenvalue weighted by Gasteiger charge is -2.18. The predicted octanol–water partition coefficient (Wildman–Crippen LogP) is 20.5. The van der Waals surface area contributed by atoms with E-state index >= 15 is 0 Å². The molecule has 0 fully saturated rings. The van der Waals surface area contributed by atoms with Crippen LogP contribution < -0.4 is 0 Å². The van der Waals surface area contributed by atoms with E-state index < -0.39 is 6.10 Å². The molecule has 0 saturated heterocycles. The molecule has 0 saturated carbocycles. The van der Waals surface area contributed by atoms with Crippen LogP contribution in [0.5, 0.6) is 0 Å². The number of esters is 3. The molecule has 0 amide bonds. The number of carbonyl (C=O) groups is 3. The first-order chi connectivity index (χ1) is 35.5. The summed E-state index contributed by atoms with van der Waals surface area (Å²) >= 11 is 0. The Balaban J connectivity index is 4.22. The van der Waals surface area contributed by atoms with Gasteiger partial charge in [-0.15, -0.1) is 0 Å². The highest BCUT2D eigenvalue weighted by atomic mass is 16.6. The number of carbonyl (C=O) groups excluding carboxylic acids is 3. The molecule has 1 unspecified atom stereocenters. The summed E-state index contributed by atoms with van der Waals surface area (Å²) in [6.07, 6.45) is 79.9. The van der Waals surface area contributed by atoms with Gasteiger partial charge in [0.25, 0.3) is 0 Å². The molecule has 1 atom stereocenters. The number of hydrogen-bond acceptors (Lipinski definition) is 6. The summed E-state index contributed by atoms with van der Waals surface area (Å²) in [4.78, 5) is 38.1. The Hall–Kier alpha value is -3.67. The van der Waals surface area contributed by atoms with Gasteiger partial charge in [-0.3, -0.25) is 14.4 Å². The maximum atomic E-state index is 12.8. The van der Waals surface area contributed by atoms with Crippen molar-refractivity contribution in [2.45, 2.75) is 290 Å². The molecular formula is C66H112O6. The topological polar surface area (TPSA) is 78.9 Å². The van der Waals surface area contributed by atoms with E-state index in [0.29, 0.717) is 19.3 Å². The highest BCUT2D eigenvalue weighted by molar-refractivity contribution is 5.71. The van der Waals surface area contributed by atoms with Crippen molar-refractivity contribution in [3.05, 3.63) is 97.2 Å². The molecule has 0 aromatic carbocycles.